The van der Waals surface area contributed by atoms with E-state index in [1.165, 1.54) is 5.56 Å². The average molecular weight is 359 g/mol. The van der Waals surface area contributed by atoms with Crippen molar-refractivity contribution in [2.45, 2.75) is 31.2 Å². The minimum Gasteiger partial charge on any atom is -0.298 e. The molecule has 0 unspecified atom stereocenters. The quantitative estimate of drug-likeness (QED) is 0.825. The van der Waals surface area contributed by atoms with Gasteiger partial charge in [-0.05, 0) is 43.5 Å². The maximum absolute atomic E-state index is 12.8. The molecule has 1 fully saturated rings. The Kier molecular flexibility index (Phi) is 5.57. The first kappa shape index (κ1) is 18.1. The van der Waals surface area contributed by atoms with Gasteiger partial charge in [-0.3, -0.25) is 4.90 Å². The number of hydrogen-bond acceptors (Lipinski definition) is 3. The van der Waals surface area contributed by atoms with E-state index in [0.717, 1.165) is 25.1 Å². The van der Waals surface area contributed by atoms with Crippen LogP contribution >= 0.6 is 0 Å². The Balaban J connectivity index is 1.69. The van der Waals surface area contributed by atoms with Gasteiger partial charge in [0.2, 0.25) is 10.0 Å². The summed E-state index contributed by atoms with van der Waals surface area (Å²) in [7, 11) is -3.39. The van der Waals surface area contributed by atoms with Crippen molar-refractivity contribution in [3.63, 3.8) is 0 Å². The molecule has 4 nitrogen and oxygen atoms in total. The van der Waals surface area contributed by atoms with E-state index in [2.05, 4.69) is 30.9 Å². The first-order chi connectivity index (χ1) is 12.0. The smallest absolute Gasteiger partial charge is 0.243 e. The Hall–Kier alpha value is -1.69. The number of piperazine rings is 1. The fraction of sp³-hybridized carbons (Fsp3) is 0.400. The summed E-state index contributed by atoms with van der Waals surface area (Å²) in [6.07, 6.45) is 0.814. The number of sulfonamides is 1. The van der Waals surface area contributed by atoms with Crippen LogP contribution in [0.4, 0.5) is 0 Å². The van der Waals surface area contributed by atoms with Gasteiger partial charge < -0.3 is 0 Å². The van der Waals surface area contributed by atoms with E-state index < -0.39 is 10.0 Å². The van der Waals surface area contributed by atoms with Gasteiger partial charge in [0.15, 0.2) is 0 Å². The second-order valence-electron chi connectivity index (χ2n) is 6.84. The molecule has 25 heavy (non-hydrogen) atoms. The highest BCUT2D eigenvalue weighted by molar-refractivity contribution is 7.89. The molecule has 1 aliphatic heterocycles. The van der Waals surface area contributed by atoms with Crippen LogP contribution in [0.1, 0.15) is 25.0 Å². The third kappa shape index (κ3) is 4.29. The van der Waals surface area contributed by atoms with Crippen molar-refractivity contribution in [2.75, 3.05) is 26.2 Å². The minimum atomic E-state index is -3.39. The molecule has 0 aliphatic carbocycles. The molecular formula is C20H26N2O2S. The Labute approximate surface area is 151 Å². The molecule has 2 aromatic carbocycles. The number of rotatable bonds is 5. The first-order valence-corrected chi connectivity index (χ1v) is 10.3. The normalized spacial score (nSPS) is 17.1. The van der Waals surface area contributed by atoms with Crippen molar-refractivity contribution in [1.82, 2.24) is 9.21 Å². The molecule has 0 amide bonds. The van der Waals surface area contributed by atoms with Gasteiger partial charge in [0.1, 0.15) is 0 Å². The molecule has 0 radical (unpaired) electrons. The van der Waals surface area contributed by atoms with Crippen molar-refractivity contribution in [2.24, 2.45) is 0 Å². The van der Waals surface area contributed by atoms with Crippen molar-refractivity contribution in [1.29, 1.82) is 0 Å². The Morgan fingerprint density at radius 3 is 1.96 bits per heavy atom. The SMILES string of the molecule is CC(C)N1CCN(S(=O)(=O)c2ccc(Cc3ccccc3)cc2)CC1. The molecule has 0 N–H and O–H groups in total. The van der Waals surface area contributed by atoms with Crippen LogP contribution in [0, 0.1) is 0 Å². The van der Waals surface area contributed by atoms with E-state index in [1.807, 2.05) is 30.3 Å². The summed E-state index contributed by atoms with van der Waals surface area (Å²) in [6, 6.07) is 18.0. The zero-order chi connectivity index (χ0) is 17.9. The van der Waals surface area contributed by atoms with Crippen LogP contribution in [0.5, 0.6) is 0 Å². The Morgan fingerprint density at radius 1 is 0.840 bits per heavy atom. The highest BCUT2D eigenvalue weighted by Crippen LogP contribution is 2.20. The number of nitrogens with zero attached hydrogens (tertiary/aromatic N) is 2. The average Bonchev–Trinajstić information content (AvgIpc) is 2.63. The lowest BCUT2D eigenvalue weighted by molar-refractivity contribution is 0.154. The molecule has 5 heteroatoms. The molecule has 3 rings (SSSR count). The molecule has 0 spiro atoms. The summed E-state index contributed by atoms with van der Waals surface area (Å²) < 4.78 is 27.3. The van der Waals surface area contributed by atoms with Crippen LogP contribution < -0.4 is 0 Å². The Morgan fingerprint density at radius 2 is 1.40 bits per heavy atom. The van der Waals surface area contributed by atoms with Gasteiger partial charge in [-0.25, -0.2) is 8.42 Å². The standard InChI is InChI=1S/C20H26N2O2S/c1-17(2)21-12-14-22(15-13-21)25(23,24)20-10-8-19(9-11-20)16-18-6-4-3-5-7-18/h3-11,17H,12-16H2,1-2H3. The van der Waals surface area contributed by atoms with Crippen LogP contribution in [-0.4, -0.2) is 49.8 Å². The predicted molar refractivity (Wildman–Crippen MR) is 101 cm³/mol. The molecular weight excluding hydrogens is 332 g/mol. The molecule has 0 aromatic heterocycles. The summed E-state index contributed by atoms with van der Waals surface area (Å²) in [5.41, 5.74) is 2.35. The highest BCUT2D eigenvalue weighted by atomic mass is 32.2. The predicted octanol–water partition coefficient (Wildman–Crippen LogP) is 2.99. The monoisotopic (exact) mass is 358 g/mol. The number of hydrogen-bond donors (Lipinski definition) is 0. The van der Waals surface area contributed by atoms with Gasteiger partial charge in [-0.2, -0.15) is 4.31 Å². The maximum atomic E-state index is 12.8. The zero-order valence-corrected chi connectivity index (χ0v) is 15.7. The molecule has 2 aromatic rings. The van der Waals surface area contributed by atoms with E-state index in [0.29, 0.717) is 24.0 Å². The largest absolute Gasteiger partial charge is 0.298 e. The summed E-state index contributed by atoms with van der Waals surface area (Å²) >= 11 is 0. The molecule has 134 valence electrons. The second-order valence-corrected chi connectivity index (χ2v) is 8.78. The van der Waals surface area contributed by atoms with Crippen LogP contribution in [0.25, 0.3) is 0 Å². The van der Waals surface area contributed by atoms with Crippen LogP contribution in [-0.2, 0) is 16.4 Å². The van der Waals surface area contributed by atoms with Crippen LogP contribution in [0.2, 0.25) is 0 Å². The third-order valence-corrected chi connectivity index (χ3v) is 6.73. The molecule has 0 saturated carbocycles. The lowest BCUT2D eigenvalue weighted by Gasteiger charge is -2.36. The topological polar surface area (TPSA) is 40.6 Å². The van der Waals surface area contributed by atoms with Crippen molar-refractivity contribution in [3.05, 3.63) is 65.7 Å². The molecule has 1 aliphatic rings. The van der Waals surface area contributed by atoms with Gasteiger partial charge in [-0.15, -0.1) is 0 Å². The lowest BCUT2D eigenvalue weighted by atomic mass is 10.1. The molecule has 0 bridgehead atoms. The lowest BCUT2D eigenvalue weighted by Crippen LogP contribution is -2.50. The van der Waals surface area contributed by atoms with E-state index in [1.54, 1.807) is 16.4 Å². The second kappa shape index (κ2) is 7.68. The van der Waals surface area contributed by atoms with Crippen LogP contribution in [0.3, 0.4) is 0 Å². The van der Waals surface area contributed by atoms with E-state index in [9.17, 15) is 8.42 Å². The first-order valence-electron chi connectivity index (χ1n) is 8.84. The maximum Gasteiger partial charge on any atom is 0.243 e. The van der Waals surface area contributed by atoms with Gasteiger partial charge in [-0.1, -0.05) is 42.5 Å². The highest BCUT2D eigenvalue weighted by Gasteiger charge is 2.29. The summed E-state index contributed by atoms with van der Waals surface area (Å²) in [5.74, 6) is 0. The third-order valence-electron chi connectivity index (χ3n) is 4.82. The summed E-state index contributed by atoms with van der Waals surface area (Å²) in [6.45, 7) is 7.01. The van der Waals surface area contributed by atoms with Crippen molar-refractivity contribution < 1.29 is 8.42 Å². The summed E-state index contributed by atoms with van der Waals surface area (Å²) in [5, 5.41) is 0. The fourth-order valence-electron chi connectivity index (χ4n) is 3.22. The molecule has 1 saturated heterocycles. The van der Waals surface area contributed by atoms with Gasteiger partial charge in [0, 0.05) is 32.2 Å². The minimum absolute atomic E-state index is 0.391. The van der Waals surface area contributed by atoms with Crippen molar-refractivity contribution >= 4 is 10.0 Å². The van der Waals surface area contributed by atoms with Gasteiger partial charge >= 0.3 is 0 Å². The van der Waals surface area contributed by atoms with Gasteiger partial charge in [0.25, 0.3) is 0 Å². The van der Waals surface area contributed by atoms with Crippen molar-refractivity contribution in [3.8, 4) is 0 Å². The summed E-state index contributed by atoms with van der Waals surface area (Å²) in [4.78, 5) is 2.71. The molecule has 0 atom stereocenters. The van der Waals surface area contributed by atoms with E-state index >= 15 is 0 Å². The Bertz CT molecular complexity index is 778. The van der Waals surface area contributed by atoms with Gasteiger partial charge in [0.05, 0.1) is 4.90 Å². The zero-order valence-electron chi connectivity index (χ0n) is 14.9. The fourth-order valence-corrected chi connectivity index (χ4v) is 4.64. The van der Waals surface area contributed by atoms with Crippen LogP contribution in [0.15, 0.2) is 59.5 Å². The van der Waals surface area contributed by atoms with E-state index in [4.69, 9.17) is 0 Å². The number of benzene rings is 2. The molecule has 1 heterocycles. The van der Waals surface area contributed by atoms with E-state index in [-0.39, 0.29) is 0 Å².